The van der Waals surface area contributed by atoms with Gasteiger partial charge in [-0.25, -0.2) is 0 Å². The molecule has 0 N–H and O–H groups in total. The van der Waals surface area contributed by atoms with Gasteiger partial charge < -0.3 is 0 Å². The summed E-state index contributed by atoms with van der Waals surface area (Å²) >= 11 is 0. The first kappa shape index (κ1) is 18.7. The van der Waals surface area contributed by atoms with Crippen LogP contribution in [0.15, 0.2) is 72.3 Å². The number of rotatable bonds is 6. The maximum atomic E-state index is 2.49. The predicted octanol–water partition coefficient (Wildman–Crippen LogP) is 8.27. The molecule has 3 aromatic carbocycles. The van der Waals surface area contributed by atoms with Gasteiger partial charge in [-0.1, -0.05) is 106 Å². The van der Waals surface area contributed by atoms with Gasteiger partial charge in [0.2, 0.25) is 0 Å². The number of unbranched alkanes of at least 4 members (excludes halogenated alkanes) is 1. The standard InChI is InChI=1S/C28H30/c1-4-5-11-21-18-23-16-17-24(20(2)3)28(27(23)19-21)26-15-10-9-14-25(26)22-12-7-6-8-13-22/h6-10,12-17,19-20H,4-5,11,18H2,1-3H3. The van der Waals surface area contributed by atoms with E-state index in [1.54, 1.807) is 5.57 Å². The zero-order chi connectivity index (χ0) is 19.5. The molecule has 0 saturated carbocycles. The molecule has 0 radical (unpaired) electrons. The summed E-state index contributed by atoms with van der Waals surface area (Å²) in [5, 5.41) is 0. The summed E-state index contributed by atoms with van der Waals surface area (Å²) in [7, 11) is 0. The number of allylic oxidation sites excluding steroid dienone is 1. The second-order valence-corrected chi connectivity index (χ2v) is 8.25. The lowest BCUT2D eigenvalue weighted by Gasteiger charge is -2.20. The summed E-state index contributed by atoms with van der Waals surface area (Å²) < 4.78 is 0. The summed E-state index contributed by atoms with van der Waals surface area (Å²) in [4.78, 5) is 0. The van der Waals surface area contributed by atoms with Gasteiger partial charge in [-0.2, -0.15) is 0 Å². The number of hydrogen-bond donors (Lipinski definition) is 0. The molecule has 142 valence electrons. The zero-order valence-electron chi connectivity index (χ0n) is 17.3. The summed E-state index contributed by atoms with van der Waals surface area (Å²) in [6.45, 7) is 6.90. The quantitative estimate of drug-likeness (QED) is 0.412. The van der Waals surface area contributed by atoms with Crippen molar-refractivity contribution >= 4 is 6.08 Å². The van der Waals surface area contributed by atoms with Crippen LogP contribution < -0.4 is 0 Å². The highest BCUT2D eigenvalue weighted by molar-refractivity contribution is 5.91. The fourth-order valence-electron chi connectivity index (χ4n) is 4.42. The molecular weight excluding hydrogens is 336 g/mol. The van der Waals surface area contributed by atoms with Gasteiger partial charge in [0.15, 0.2) is 0 Å². The van der Waals surface area contributed by atoms with Gasteiger partial charge in [-0.05, 0) is 64.1 Å². The molecule has 0 heterocycles. The highest BCUT2D eigenvalue weighted by Crippen LogP contribution is 2.43. The van der Waals surface area contributed by atoms with Crippen molar-refractivity contribution in [3.8, 4) is 22.3 Å². The highest BCUT2D eigenvalue weighted by Gasteiger charge is 2.22. The molecule has 0 unspecified atom stereocenters. The van der Waals surface area contributed by atoms with Crippen molar-refractivity contribution in [1.82, 2.24) is 0 Å². The van der Waals surface area contributed by atoms with Gasteiger partial charge in [0, 0.05) is 0 Å². The van der Waals surface area contributed by atoms with Gasteiger partial charge in [0.05, 0.1) is 0 Å². The minimum atomic E-state index is 0.497. The lowest BCUT2D eigenvalue weighted by atomic mass is 9.84. The Morgan fingerprint density at radius 2 is 1.54 bits per heavy atom. The average molecular weight is 367 g/mol. The molecule has 0 fully saturated rings. The first-order valence-corrected chi connectivity index (χ1v) is 10.7. The van der Waals surface area contributed by atoms with Crippen molar-refractivity contribution in [1.29, 1.82) is 0 Å². The maximum absolute atomic E-state index is 2.49. The number of fused-ring (bicyclic) bond motifs is 1. The van der Waals surface area contributed by atoms with E-state index < -0.39 is 0 Å². The van der Waals surface area contributed by atoms with E-state index in [0.717, 1.165) is 6.42 Å². The molecule has 0 nitrogen and oxygen atoms in total. The normalized spacial score (nSPS) is 12.9. The van der Waals surface area contributed by atoms with E-state index in [-0.39, 0.29) is 0 Å². The van der Waals surface area contributed by atoms with E-state index in [2.05, 4.69) is 93.6 Å². The number of benzene rings is 3. The Bertz CT molecular complexity index is 990. The van der Waals surface area contributed by atoms with Crippen LogP contribution in [0.4, 0.5) is 0 Å². The van der Waals surface area contributed by atoms with Crippen LogP contribution in [-0.4, -0.2) is 0 Å². The molecule has 0 amide bonds. The monoisotopic (exact) mass is 366 g/mol. The van der Waals surface area contributed by atoms with Crippen molar-refractivity contribution in [3.63, 3.8) is 0 Å². The van der Waals surface area contributed by atoms with E-state index in [9.17, 15) is 0 Å². The fraction of sp³-hybridized carbons (Fsp3) is 0.286. The van der Waals surface area contributed by atoms with Crippen molar-refractivity contribution < 1.29 is 0 Å². The van der Waals surface area contributed by atoms with Gasteiger partial charge in [0.25, 0.3) is 0 Å². The topological polar surface area (TPSA) is 0 Å². The lowest BCUT2D eigenvalue weighted by Crippen LogP contribution is -1.98. The highest BCUT2D eigenvalue weighted by atomic mass is 14.3. The zero-order valence-corrected chi connectivity index (χ0v) is 17.3. The average Bonchev–Trinajstić information content (AvgIpc) is 3.15. The summed E-state index contributed by atoms with van der Waals surface area (Å²) in [6, 6.07) is 24.5. The first-order chi connectivity index (χ1) is 13.7. The van der Waals surface area contributed by atoms with Crippen LogP contribution in [0.25, 0.3) is 28.3 Å². The molecule has 3 aromatic rings. The van der Waals surface area contributed by atoms with Crippen LogP contribution in [0, 0.1) is 0 Å². The van der Waals surface area contributed by atoms with Crippen LogP contribution in [-0.2, 0) is 6.42 Å². The second-order valence-electron chi connectivity index (χ2n) is 8.25. The van der Waals surface area contributed by atoms with E-state index in [1.165, 1.54) is 58.2 Å². The Kier molecular flexibility index (Phi) is 5.48. The maximum Gasteiger partial charge on any atom is -0.00576 e. The van der Waals surface area contributed by atoms with E-state index in [0.29, 0.717) is 5.92 Å². The molecule has 0 atom stereocenters. The van der Waals surface area contributed by atoms with Gasteiger partial charge in [-0.15, -0.1) is 0 Å². The number of hydrogen-bond acceptors (Lipinski definition) is 0. The molecule has 28 heavy (non-hydrogen) atoms. The SMILES string of the molecule is CCCCC1=Cc2c(ccc(C(C)C)c2-c2ccccc2-c2ccccc2)C1. The first-order valence-electron chi connectivity index (χ1n) is 10.7. The van der Waals surface area contributed by atoms with Crippen molar-refractivity contribution in [2.75, 3.05) is 0 Å². The van der Waals surface area contributed by atoms with Crippen LogP contribution in [0.2, 0.25) is 0 Å². The molecule has 4 rings (SSSR count). The van der Waals surface area contributed by atoms with E-state index >= 15 is 0 Å². The summed E-state index contributed by atoms with van der Waals surface area (Å²) in [6.07, 6.45) is 7.38. The largest absolute Gasteiger partial charge is 0.0654 e. The van der Waals surface area contributed by atoms with Crippen molar-refractivity contribution in [3.05, 3.63) is 89.0 Å². The minimum absolute atomic E-state index is 0.497. The van der Waals surface area contributed by atoms with Crippen molar-refractivity contribution in [2.45, 2.75) is 52.4 Å². The van der Waals surface area contributed by atoms with Gasteiger partial charge in [-0.3, -0.25) is 0 Å². The Hall–Kier alpha value is -2.60. The van der Waals surface area contributed by atoms with E-state index in [1.807, 2.05) is 0 Å². The molecule has 0 aliphatic heterocycles. The molecular formula is C28H30. The van der Waals surface area contributed by atoms with E-state index in [4.69, 9.17) is 0 Å². The predicted molar refractivity (Wildman–Crippen MR) is 123 cm³/mol. The molecule has 0 heteroatoms. The Balaban J connectivity index is 1.92. The molecule has 0 aromatic heterocycles. The summed E-state index contributed by atoms with van der Waals surface area (Å²) in [5.74, 6) is 0.497. The molecule has 0 spiro atoms. The van der Waals surface area contributed by atoms with Crippen LogP contribution >= 0.6 is 0 Å². The fourth-order valence-corrected chi connectivity index (χ4v) is 4.42. The summed E-state index contributed by atoms with van der Waals surface area (Å²) in [5.41, 5.74) is 11.4. The molecule has 1 aliphatic rings. The van der Waals surface area contributed by atoms with Crippen LogP contribution in [0.5, 0.6) is 0 Å². The Morgan fingerprint density at radius 1 is 0.821 bits per heavy atom. The van der Waals surface area contributed by atoms with Gasteiger partial charge >= 0.3 is 0 Å². The van der Waals surface area contributed by atoms with Gasteiger partial charge in [0.1, 0.15) is 0 Å². The third-order valence-corrected chi connectivity index (χ3v) is 5.89. The third kappa shape index (κ3) is 3.56. The smallest absolute Gasteiger partial charge is 0.00576 e. The third-order valence-electron chi connectivity index (χ3n) is 5.89. The molecule has 1 aliphatic carbocycles. The Morgan fingerprint density at radius 3 is 2.25 bits per heavy atom. The molecule has 0 bridgehead atoms. The van der Waals surface area contributed by atoms with Crippen LogP contribution in [0.1, 0.15) is 62.6 Å². The minimum Gasteiger partial charge on any atom is -0.0654 e. The lowest BCUT2D eigenvalue weighted by molar-refractivity contribution is 0.779. The molecule has 0 saturated heterocycles. The van der Waals surface area contributed by atoms with Crippen LogP contribution in [0.3, 0.4) is 0 Å². The second kappa shape index (κ2) is 8.19. The van der Waals surface area contributed by atoms with Crippen molar-refractivity contribution in [2.24, 2.45) is 0 Å². The Labute approximate surface area is 169 Å².